The number of aryl methyl sites for hydroxylation is 1. The molecule has 1 aromatic carbocycles. The maximum Gasteiger partial charge on any atom is 0.257 e. The molecule has 0 saturated carbocycles. The van der Waals surface area contributed by atoms with Gasteiger partial charge < -0.3 is 16.0 Å². The number of aromatic nitrogens is 1. The van der Waals surface area contributed by atoms with Crippen LogP contribution in [0, 0.1) is 6.92 Å². The third-order valence-corrected chi connectivity index (χ3v) is 3.14. The molecule has 0 atom stereocenters. The molecule has 2 rings (SSSR count). The highest BCUT2D eigenvalue weighted by atomic mass is 16.2. The van der Waals surface area contributed by atoms with Crippen LogP contribution in [-0.2, 0) is 4.79 Å². The highest BCUT2D eigenvalue weighted by Gasteiger charge is 2.07. The van der Waals surface area contributed by atoms with Crippen molar-refractivity contribution in [2.45, 2.75) is 13.8 Å². The molecule has 0 fully saturated rings. The van der Waals surface area contributed by atoms with Gasteiger partial charge >= 0.3 is 0 Å². The van der Waals surface area contributed by atoms with E-state index in [1.165, 1.54) is 6.20 Å². The number of rotatable bonds is 6. The molecule has 120 valence electrons. The number of nitrogens with one attached hydrogen (secondary N) is 3. The highest BCUT2D eigenvalue weighted by Crippen LogP contribution is 2.11. The van der Waals surface area contributed by atoms with Gasteiger partial charge in [0.2, 0.25) is 5.91 Å². The van der Waals surface area contributed by atoms with E-state index in [1.807, 2.05) is 38.1 Å². The van der Waals surface area contributed by atoms with Gasteiger partial charge in [0.15, 0.2) is 0 Å². The van der Waals surface area contributed by atoms with E-state index in [0.717, 1.165) is 11.3 Å². The third kappa shape index (κ3) is 5.10. The largest absolute Gasteiger partial charge is 0.361 e. The summed E-state index contributed by atoms with van der Waals surface area (Å²) in [6, 6.07) is 10.9. The molecule has 1 aromatic heterocycles. The molecule has 2 aromatic rings. The molecular formula is C17H20N4O2. The first-order valence-electron chi connectivity index (χ1n) is 7.43. The lowest BCUT2D eigenvalue weighted by Gasteiger charge is -2.08. The lowest BCUT2D eigenvalue weighted by atomic mass is 10.2. The number of benzene rings is 1. The number of hydrogen-bond acceptors (Lipinski definition) is 4. The number of carbonyl (C=O) groups excluding carboxylic acids is 2. The van der Waals surface area contributed by atoms with Crippen molar-refractivity contribution in [3.63, 3.8) is 0 Å². The van der Waals surface area contributed by atoms with Gasteiger partial charge in [-0.1, -0.05) is 17.7 Å². The molecule has 0 spiro atoms. The molecule has 23 heavy (non-hydrogen) atoms. The Bertz CT molecular complexity index is 666. The second-order valence-corrected chi connectivity index (χ2v) is 5.06. The third-order valence-electron chi connectivity index (χ3n) is 3.14. The second-order valence-electron chi connectivity index (χ2n) is 5.06. The summed E-state index contributed by atoms with van der Waals surface area (Å²) in [7, 11) is 0. The van der Waals surface area contributed by atoms with Gasteiger partial charge in [-0.25, -0.2) is 4.98 Å². The van der Waals surface area contributed by atoms with Gasteiger partial charge in [0.25, 0.3) is 5.91 Å². The van der Waals surface area contributed by atoms with Gasteiger partial charge in [-0.15, -0.1) is 0 Å². The van der Waals surface area contributed by atoms with Crippen LogP contribution in [0.5, 0.6) is 0 Å². The fraction of sp³-hybridized carbons (Fsp3) is 0.235. The van der Waals surface area contributed by atoms with Crippen molar-refractivity contribution in [1.29, 1.82) is 0 Å². The minimum atomic E-state index is -0.225. The molecule has 0 aliphatic carbocycles. The Kier molecular flexibility index (Phi) is 5.68. The Labute approximate surface area is 135 Å². The first kappa shape index (κ1) is 16.5. The van der Waals surface area contributed by atoms with Crippen molar-refractivity contribution in [3.05, 3.63) is 53.7 Å². The number of hydrogen-bond donors (Lipinski definition) is 3. The average molecular weight is 312 g/mol. The fourth-order valence-electron chi connectivity index (χ4n) is 1.90. The molecule has 0 radical (unpaired) electrons. The lowest BCUT2D eigenvalue weighted by Crippen LogP contribution is -2.29. The predicted molar refractivity (Wildman–Crippen MR) is 90.5 cm³/mol. The molecule has 0 aliphatic heterocycles. The van der Waals surface area contributed by atoms with Crippen LogP contribution in [-0.4, -0.2) is 29.9 Å². The van der Waals surface area contributed by atoms with Crippen molar-refractivity contribution in [2.75, 3.05) is 23.7 Å². The zero-order chi connectivity index (χ0) is 16.7. The highest BCUT2D eigenvalue weighted by molar-refractivity contribution is 6.04. The van der Waals surface area contributed by atoms with Crippen molar-refractivity contribution in [1.82, 2.24) is 10.3 Å². The van der Waals surface area contributed by atoms with Crippen molar-refractivity contribution in [2.24, 2.45) is 0 Å². The minimum absolute atomic E-state index is 0.101. The molecule has 0 unspecified atom stereocenters. The summed E-state index contributed by atoms with van der Waals surface area (Å²) >= 11 is 0. The maximum atomic E-state index is 12.1. The normalized spacial score (nSPS) is 10.0. The Hall–Kier alpha value is -2.89. The van der Waals surface area contributed by atoms with Crippen LogP contribution in [0.3, 0.4) is 0 Å². The van der Waals surface area contributed by atoms with Crippen LogP contribution in [0.25, 0.3) is 0 Å². The molecule has 6 nitrogen and oxygen atoms in total. The first-order chi connectivity index (χ1) is 11.1. The quantitative estimate of drug-likeness (QED) is 0.763. The van der Waals surface area contributed by atoms with Crippen LogP contribution >= 0.6 is 0 Å². The molecule has 2 amide bonds. The summed E-state index contributed by atoms with van der Waals surface area (Å²) in [4.78, 5) is 27.6. The number of nitrogens with zero attached hydrogens (tertiary/aromatic N) is 1. The number of pyridine rings is 1. The maximum absolute atomic E-state index is 12.1. The van der Waals surface area contributed by atoms with E-state index in [-0.39, 0.29) is 18.4 Å². The van der Waals surface area contributed by atoms with Gasteiger partial charge in [0.05, 0.1) is 12.1 Å². The molecular weight excluding hydrogens is 292 g/mol. The summed E-state index contributed by atoms with van der Waals surface area (Å²) in [5.41, 5.74) is 2.32. The number of amides is 2. The smallest absolute Gasteiger partial charge is 0.257 e. The second kappa shape index (κ2) is 7.93. The Morgan fingerprint density at radius 1 is 1.09 bits per heavy atom. The topological polar surface area (TPSA) is 83.1 Å². The Morgan fingerprint density at radius 3 is 2.43 bits per heavy atom. The van der Waals surface area contributed by atoms with Crippen LogP contribution < -0.4 is 16.0 Å². The fourth-order valence-corrected chi connectivity index (χ4v) is 1.90. The SMILES string of the molecule is CCNC(=O)CNc1ccc(C(=O)Nc2ccc(C)cc2)cn1. The van der Waals surface area contributed by atoms with Crippen LogP contribution in [0.2, 0.25) is 0 Å². The molecule has 0 bridgehead atoms. The van der Waals surface area contributed by atoms with E-state index in [4.69, 9.17) is 0 Å². The van der Waals surface area contributed by atoms with E-state index in [9.17, 15) is 9.59 Å². The number of likely N-dealkylation sites (N-methyl/N-ethyl adjacent to an activating group) is 1. The lowest BCUT2D eigenvalue weighted by molar-refractivity contribution is -0.119. The van der Waals surface area contributed by atoms with Crippen LogP contribution in [0.1, 0.15) is 22.8 Å². The van der Waals surface area contributed by atoms with Crippen molar-refractivity contribution in [3.8, 4) is 0 Å². The van der Waals surface area contributed by atoms with Crippen molar-refractivity contribution < 1.29 is 9.59 Å². The molecule has 1 heterocycles. The zero-order valence-electron chi connectivity index (χ0n) is 13.2. The summed E-state index contributed by atoms with van der Waals surface area (Å²) in [6.07, 6.45) is 1.48. The van der Waals surface area contributed by atoms with Crippen molar-refractivity contribution >= 4 is 23.3 Å². The average Bonchev–Trinajstić information content (AvgIpc) is 2.56. The van der Waals surface area contributed by atoms with E-state index in [0.29, 0.717) is 17.9 Å². The molecule has 0 saturated heterocycles. The van der Waals surface area contributed by atoms with E-state index < -0.39 is 0 Å². The number of carbonyl (C=O) groups is 2. The van der Waals surface area contributed by atoms with Gasteiger partial charge in [-0.05, 0) is 38.1 Å². The van der Waals surface area contributed by atoms with Crippen LogP contribution in [0.15, 0.2) is 42.6 Å². The van der Waals surface area contributed by atoms with E-state index in [2.05, 4.69) is 20.9 Å². The summed E-state index contributed by atoms with van der Waals surface area (Å²) in [5, 5.41) is 8.39. The molecule has 3 N–H and O–H groups in total. The van der Waals surface area contributed by atoms with Gasteiger partial charge in [0.1, 0.15) is 5.82 Å². The minimum Gasteiger partial charge on any atom is -0.361 e. The van der Waals surface area contributed by atoms with E-state index >= 15 is 0 Å². The van der Waals surface area contributed by atoms with E-state index in [1.54, 1.807) is 12.1 Å². The molecule has 0 aliphatic rings. The van der Waals surface area contributed by atoms with Gasteiger partial charge in [-0.2, -0.15) is 0 Å². The predicted octanol–water partition coefficient (Wildman–Crippen LogP) is 2.19. The standard InChI is InChI=1S/C17H20N4O2/c1-3-18-16(22)11-20-15-9-6-13(10-19-15)17(23)21-14-7-4-12(2)5-8-14/h4-10H,3,11H2,1-2H3,(H,18,22)(H,19,20)(H,21,23). The summed E-state index contributed by atoms with van der Waals surface area (Å²) < 4.78 is 0. The monoisotopic (exact) mass is 312 g/mol. The zero-order valence-corrected chi connectivity index (χ0v) is 13.2. The van der Waals surface area contributed by atoms with Gasteiger partial charge in [-0.3, -0.25) is 9.59 Å². The number of anilines is 2. The van der Waals surface area contributed by atoms with Crippen LogP contribution in [0.4, 0.5) is 11.5 Å². The first-order valence-corrected chi connectivity index (χ1v) is 7.43. The summed E-state index contributed by atoms with van der Waals surface area (Å²) in [6.45, 7) is 4.58. The summed E-state index contributed by atoms with van der Waals surface area (Å²) in [5.74, 6) is 0.218. The molecule has 6 heteroatoms. The van der Waals surface area contributed by atoms with Gasteiger partial charge in [0, 0.05) is 18.4 Å². The Morgan fingerprint density at radius 2 is 1.83 bits per heavy atom. The Balaban J connectivity index is 1.92.